The Morgan fingerprint density at radius 3 is 2.05 bits per heavy atom. The van der Waals surface area contributed by atoms with Gasteiger partial charge >= 0.3 is 0 Å². The molecule has 6 nitrogen and oxygen atoms in total. The SMILES string of the molecule is O=C(c1ccccc1)c1ccccc1C(=O)N1CCN(c2ccc(-c3cccc4ccccc34)nn2)CC1. The van der Waals surface area contributed by atoms with E-state index >= 15 is 0 Å². The Kier molecular flexibility index (Phi) is 6.36. The Bertz CT molecular complexity index is 1600. The van der Waals surface area contributed by atoms with Gasteiger partial charge in [0.25, 0.3) is 5.91 Å². The number of anilines is 1. The zero-order valence-corrected chi connectivity index (χ0v) is 20.8. The molecule has 0 radical (unpaired) electrons. The van der Waals surface area contributed by atoms with Gasteiger partial charge in [0, 0.05) is 42.9 Å². The van der Waals surface area contributed by atoms with Crippen molar-refractivity contribution in [2.45, 2.75) is 0 Å². The number of benzene rings is 4. The monoisotopic (exact) mass is 498 g/mol. The lowest BCUT2D eigenvalue weighted by atomic mass is 9.97. The average molecular weight is 499 g/mol. The second-order valence-corrected chi connectivity index (χ2v) is 9.32. The fourth-order valence-corrected chi connectivity index (χ4v) is 5.01. The molecular weight excluding hydrogens is 472 g/mol. The molecule has 0 atom stereocenters. The largest absolute Gasteiger partial charge is 0.352 e. The molecule has 4 aromatic carbocycles. The molecule has 0 saturated carbocycles. The highest BCUT2D eigenvalue weighted by molar-refractivity contribution is 6.15. The maximum Gasteiger partial charge on any atom is 0.254 e. The number of nitrogens with zero attached hydrogens (tertiary/aromatic N) is 4. The quantitative estimate of drug-likeness (QED) is 0.300. The third kappa shape index (κ3) is 4.52. The van der Waals surface area contributed by atoms with E-state index in [1.807, 2.05) is 53.4 Å². The molecule has 1 fully saturated rings. The van der Waals surface area contributed by atoms with E-state index in [0.29, 0.717) is 42.9 Å². The molecule has 0 bridgehead atoms. The lowest BCUT2D eigenvalue weighted by Gasteiger charge is -2.35. The van der Waals surface area contributed by atoms with Gasteiger partial charge in [-0.15, -0.1) is 10.2 Å². The van der Waals surface area contributed by atoms with Crippen molar-refractivity contribution in [3.05, 3.63) is 126 Å². The molecule has 0 unspecified atom stereocenters. The summed E-state index contributed by atoms with van der Waals surface area (Å²) in [5.41, 5.74) is 3.33. The second-order valence-electron chi connectivity index (χ2n) is 9.32. The first-order valence-electron chi connectivity index (χ1n) is 12.7. The van der Waals surface area contributed by atoms with Crippen LogP contribution in [0.1, 0.15) is 26.3 Å². The van der Waals surface area contributed by atoms with Gasteiger partial charge in [0.05, 0.1) is 11.3 Å². The number of carbonyl (C=O) groups excluding carboxylic acids is 2. The van der Waals surface area contributed by atoms with Gasteiger partial charge in [-0.1, -0.05) is 91.0 Å². The average Bonchev–Trinajstić information content (AvgIpc) is 3.01. The molecule has 1 aliphatic rings. The summed E-state index contributed by atoms with van der Waals surface area (Å²) >= 11 is 0. The highest BCUT2D eigenvalue weighted by Gasteiger charge is 2.26. The van der Waals surface area contributed by atoms with Gasteiger partial charge in [-0.3, -0.25) is 9.59 Å². The number of hydrogen-bond donors (Lipinski definition) is 0. The number of amides is 1. The Balaban J connectivity index is 1.15. The summed E-state index contributed by atoms with van der Waals surface area (Å²) in [6.45, 7) is 2.37. The van der Waals surface area contributed by atoms with Gasteiger partial charge in [-0.05, 0) is 29.0 Å². The van der Waals surface area contributed by atoms with Crippen molar-refractivity contribution in [3.63, 3.8) is 0 Å². The predicted molar refractivity (Wildman–Crippen MR) is 149 cm³/mol. The van der Waals surface area contributed by atoms with Crippen LogP contribution in [0.15, 0.2) is 109 Å². The molecule has 1 saturated heterocycles. The molecular formula is C32H26N4O2. The Hall–Kier alpha value is -4.84. The summed E-state index contributed by atoms with van der Waals surface area (Å²) in [5.74, 6) is 0.525. The Labute approximate surface area is 221 Å². The summed E-state index contributed by atoms with van der Waals surface area (Å²) in [6, 6.07) is 34.6. The highest BCUT2D eigenvalue weighted by Crippen LogP contribution is 2.28. The normalized spacial score (nSPS) is 13.5. The minimum atomic E-state index is -0.144. The van der Waals surface area contributed by atoms with E-state index in [1.165, 1.54) is 5.39 Å². The van der Waals surface area contributed by atoms with Crippen LogP contribution in [-0.2, 0) is 0 Å². The van der Waals surface area contributed by atoms with Crippen LogP contribution in [0.25, 0.3) is 22.0 Å². The zero-order chi connectivity index (χ0) is 25.9. The first-order valence-corrected chi connectivity index (χ1v) is 12.7. The lowest BCUT2D eigenvalue weighted by Crippen LogP contribution is -2.49. The van der Waals surface area contributed by atoms with Crippen LogP contribution in [0, 0.1) is 0 Å². The second kappa shape index (κ2) is 10.3. The molecule has 0 N–H and O–H groups in total. The molecule has 1 aliphatic heterocycles. The van der Waals surface area contributed by atoms with Crippen LogP contribution in [0.3, 0.4) is 0 Å². The Morgan fingerprint density at radius 2 is 1.29 bits per heavy atom. The smallest absolute Gasteiger partial charge is 0.254 e. The maximum absolute atomic E-state index is 13.4. The van der Waals surface area contributed by atoms with E-state index in [9.17, 15) is 9.59 Å². The van der Waals surface area contributed by atoms with E-state index < -0.39 is 0 Å². The van der Waals surface area contributed by atoms with Crippen LogP contribution in [-0.4, -0.2) is 53.0 Å². The lowest BCUT2D eigenvalue weighted by molar-refractivity contribution is 0.0742. The molecule has 0 spiro atoms. The molecule has 6 rings (SSSR count). The molecule has 2 heterocycles. The van der Waals surface area contributed by atoms with E-state index in [4.69, 9.17) is 0 Å². The third-order valence-electron chi connectivity index (χ3n) is 7.05. The fourth-order valence-electron chi connectivity index (χ4n) is 5.01. The molecule has 0 aliphatic carbocycles. The standard InChI is InChI=1S/C32H26N4O2/c37-31(24-10-2-1-3-11-24)27-14-6-7-15-28(27)32(38)36-21-19-35(20-22-36)30-18-17-29(33-34-30)26-16-8-12-23-9-4-5-13-25(23)26/h1-18H,19-22H2. The maximum atomic E-state index is 13.4. The van der Waals surface area contributed by atoms with Gasteiger partial charge in [0.15, 0.2) is 11.6 Å². The Morgan fingerprint density at radius 1 is 0.605 bits per heavy atom. The summed E-state index contributed by atoms with van der Waals surface area (Å²) in [6.07, 6.45) is 0. The van der Waals surface area contributed by atoms with Crippen molar-refractivity contribution in [2.75, 3.05) is 31.1 Å². The number of fused-ring (bicyclic) bond motifs is 1. The van der Waals surface area contributed by atoms with E-state index in [-0.39, 0.29) is 11.7 Å². The molecule has 5 aromatic rings. The van der Waals surface area contributed by atoms with Crippen LogP contribution < -0.4 is 4.90 Å². The van der Waals surface area contributed by atoms with Crippen molar-refractivity contribution in [2.24, 2.45) is 0 Å². The topological polar surface area (TPSA) is 66.4 Å². The minimum absolute atomic E-state index is 0.123. The van der Waals surface area contributed by atoms with Gasteiger partial charge < -0.3 is 9.80 Å². The number of ketones is 1. The molecule has 1 amide bonds. The molecule has 1 aromatic heterocycles. The van der Waals surface area contributed by atoms with E-state index in [1.54, 1.807) is 36.4 Å². The molecule has 38 heavy (non-hydrogen) atoms. The van der Waals surface area contributed by atoms with E-state index in [2.05, 4.69) is 39.4 Å². The van der Waals surface area contributed by atoms with Crippen molar-refractivity contribution in [3.8, 4) is 11.3 Å². The van der Waals surface area contributed by atoms with Crippen molar-refractivity contribution in [1.82, 2.24) is 15.1 Å². The zero-order valence-electron chi connectivity index (χ0n) is 20.8. The van der Waals surface area contributed by atoms with Crippen molar-refractivity contribution < 1.29 is 9.59 Å². The summed E-state index contributed by atoms with van der Waals surface area (Å²) < 4.78 is 0. The number of carbonyl (C=O) groups is 2. The fraction of sp³-hybridized carbons (Fsp3) is 0.125. The van der Waals surface area contributed by atoms with Crippen LogP contribution >= 0.6 is 0 Å². The number of aromatic nitrogens is 2. The van der Waals surface area contributed by atoms with E-state index in [0.717, 1.165) is 22.5 Å². The van der Waals surface area contributed by atoms with Gasteiger partial charge in [-0.2, -0.15) is 0 Å². The summed E-state index contributed by atoms with van der Waals surface area (Å²) in [4.78, 5) is 30.5. The van der Waals surface area contributed by atoms with Crippen LogP contribution in [0.2, 0.25) is 0 Å². The van der Waals surface area contributed by atoms with Crippen molar-refractivity contribution >= 4 is 28.3 Å². The van der Waals surface area contributed by atoms with Gasteiger partial charge in [-0.25, -0.2) is 0 Å². The van der Waals surface area contributed by atoms with Crippen LogP contribution in [0.5, 0.6) is 0 Å². The predicted octanol–water partition coefficient (Wildman–Crippen LogP) is 5.49. The van der Waals surface area contributed by atoms with Crippen molar-refractivity contribution in [1.29, 1.82) is 0 Å². The summed E-state index contributed by atoms with van der Waals surface area (Å²) in [7, 11) is 0. The van der Waals surface area contributed by atoms with Gasteiger partial charge in [0.1, 0.15) is 0 Å². The van der Waals surface area contributed by atoms with Crippen LogP contribution in [0.4, 0.5) is 5.82 Å². The summed E-state index contributed by atoms with van der Waals surface area (Å²) in [5, 5.41) is 11.4. The highest BCUT2D eigenvalue weighted by atomic mass is 16.2. The number of rotatable bonds is 5. The molecule has 6 heteroatoms. The minimum Gasteiger partial charge on any atom is -0.352 e. The number of hydrogen-bond acceptors (Lipinski definition) is 5. The molecule has 186 valence electrons. The third-order valence-corrected chi connectivity index (χ3v) is 7.05. The van der Waals surface area contributed by atoms with Gasteiger partial charge in [0.2, 0.25) is 0 Å². The number of piperazine rings is 1. The first kappa shape index (κ1) is 23.6. The first-order chi connectivity index (χ1) is 18.7.